The van der Waals surface area contributed by atoms with E-state index in [1.807, 2.05) is 0 Å². The Bertz CT molecular complexity index is 281. The number of morpholine rings is 1. The third-order valence-corrected chi connectivity index (χ3v) is 5.08. The number of ether oxygens (including phenoxy) is 1. The van der Waals surface area contributed by atoms with Crippen LogP contribution in [0.25, 0.3) is 0 Å². The van der Waals surface area contributed by atoms with Crippen LogP contribution in [0.2, 0.25) is 0 Å². The molecule has 3 aliphatic heterocycles. The predicted octanol–water partition coefficient (Wildman–Crippen LogP) is 0.924. The van der Waals surface area contributed by atoms with Crippen molar-refractivity contribution in [1.82, 2.24) is 15.1 Å². The van der Waals surface area contributed by atoms with Crippen molar-refractivity contribution in [3.8, 4) is 0 Å². The van der Waals surface area contributed by atoms with Gasteiger partial charge in [0.1, 0.15) is 0 Å². The molecular formula is C15H29N3O. The normalized spacial score (nSPS) is 35.8. The maximum atomic E-state index is 5.58. The monoisotopic (exact) mass is 267 g/mol. The van der Waals surface area contributed by atoms with E-state index in [2.05, 4.69) is 22.0 Å². The van der Waals surface area contributed by atoms with E-state index in [4.69, 9.17) is 4.74 Å². The summed E-state index contributed by atoms with van der Waals surface area (Å²) >= 11 is 0. The number of fused-ring (bicyclic) bond motifs is 1. The minimum absolute atomic E-state index is 0.562. The Labute approximate surface area is 117 Å². The molecule has 4 nitrogen and oxygen atoms in total. The SMILES string of the molecule is CC(CC1COCCN1)N1CCCN2CCCC2C1. The zero-order chi connectivity index (χ0) is 13.1. The second kappa shape index (κ2) is 6.53. The molecule has 1 N–H and O–H groups in total. The van der Waals surface area contributed by atoms with Crippen LogP contribution in [0.4, 0.5) is 0 Å². The summed E-state index contributed by atoms with van der Waals surface area (Å²) in [4.78, 5) is 5.45. The first kappa shape index (κ1) is 13.8. The predicted molar refractivity (Wildman–Crippen MR) is 77.5 cm³/mol. The highest BCUT2D eigenvalue weighted by Crippen LogP contribution is 2.23. The van der Waals surface area contributed by atoms with Gasteiger partial charge in [0.2, 0.25) is 0 Å². The highest BCUT2D eigenvalue weighted by molar-refractivity contribution is 4.87. The average molecular weight is 267 g/mol. The van der Waals surface area contributed by atoms with Crippen molar-refractivity contribution in [3.63, 3.8) is 0 Å². The highest BCUT2D eigenvalue weighted by Gasteiger charge is 2.31. The molecule has 19 heavy (non-hydrogen) atoms. The summed E-state index contributed by atoms with van der Waals surface area (Å²) in [5, 5.41) is 3.59. The molecule has 0 radical (unpaired) electrons. The number of nitrogens with zero attached hydrogens (tertiary/aromatic N) is 2. The van der Waals surface area contributed by atoms with Gasteiger partial charge in [0.05, 0.1) is 13.2 Å². The Morgan fingerprint density at radius 3 is 3.00 bits per heavy atom. The van der Waals surface area contributed by atoms with Gasteiger partial charge >= 0.3 is 0 Å². The van der Waals surface area contributed by atoms with Gasteiger partial charge in [-0.3, -0.25) is 9.80 Å². The Kier molecular flexibility index (Phi) is 4.74. The van der Waals surface area contributed by atoms with Crippen LogP contribution >= 0.6 is 0 Å². The quantitative estimate of drug-likeness (QED) is 0.823. The van der Waals surface area contributed by atoms with Crippen molar-refractivity contribution < 1.29 is 4.74 Å². The molecule has 0 saturated carbocycles. The number of hydrogen-bond acceptors (Lipinski definition) is 4. The lowest BCUT2D eigenvalue weighted by Crippen LogP contribution is -2.47. The topological polar surface area (TPSA) is 27.7 Å². The first-order valence-electron chi connectivity index (χ1n) is 8.12. The maximum absolute atomic E-state index is 5.58. The Morgan fingerprint density at radius 2 is 2.16 bits per heavy atom. The largest absolute Gasteiger partial charge is 0.379 e. The molecule has 3 atom stereocenters. The molecule has 3 heterocycles. The molecule has 3 rings (SSSR count). The van der Waals surface area contributed by atoms with Gasteiger partial charge in [-0.1, -0.05) is 0 Å². The second-order valence-electron chi connectivity index (χ2n) is 6.49. The van der Waals surface area contributed by atoms with Crippen LogP contribution in [-0.2, 0) is 4.74 Å². The van der Waals surface area contributed by atoms with E-state index in [1.54, 1.807) is 0 Å². The Morgan fingerprint density at radius 1 is 1.26 bits per heavy atom. The van der Waals surface area contributed by atoms with E-state index in [1.165, 1.54) is 51.9 Å². The zero-order valence-corrected chi connectivity index (χ0v) is 12.3. The summed E-state index contributed by atoms with van der Waals surface area (Å²) in [5.41, 5.74) is 0. The molecule has 0 spiro atoms. The van der Waals surface area contributed by atoms with Gasteiger partial charge in [-0.25, -0.2) is 0 Å². The molecule has 0 amide bonds. The summed E-state index contributed by atoms with van der Waals surface area (Å²) in [6.07, 6.45) is 5.39. The molecule has 3 aliphatic rings. The molecule has 0 aromatic rings. The van der Waals surface area contributed by atoms with E-state index in [-0.39, 0.29) is 0 Å². The van der Waals surface area contributed by atoms with E-state index >= 15 is 0 Å². The van der Waals surface area contributed by atoms with Gasteiger partial charge in [-0.15, -0.1) is 0 Å². The van der Waals surface area contributed by atoms with Gasteiger partial charge in [0.25, 0.3) is 0 Å². The molecule has 0 bridgehead atoms. The maximum Gasteiger partial charge on any atom is 0.0620 e. The lowest BCUT2D eigenvalue weighted by Gasteiger charge is -2.34. The van der Waals surface area contributed by atoms with Gasteiger partial charge in [0.15, 0.2) is 0 Å². The Balaban J connectivity index is 1.51. The number of rotatable bonds is 3. The first-order chi connectivity index (χ1) is 9.33. The van der Waals surface area contributed by atoms with Gasteiger partial charge < -0.3 is 10.1 Å². The lowest BCUT2D eigenvalue weighted by atomic mass is 10.1. The van der Waals surface area contributed by atoms with Crippen LogP contribution < -0.4 is 5.32 Å². The van der Waals surface area contributed by atoms with Gasteiger partial charge in [-0.2, -0.15) is 0 Å². The molecule has 0 aromatic carbocycles. The molecule has 0 aromatic heterocycles. The van der Waals surface area contributed by atoms with Crippen LogP contribution in [0.1, 0.15) is 32.6 Å². The number of nitrogens with one attached hydrogen (secondary N) is 1. The molecule has 3 fully saturated rings. The second-order valence-corrected chi connectivity index (χ2v) is 6.49. The summed E-state index contributed by atoms with van der Waals surface area (Å²) in [6.45, 7) is 10.4. The fourth-order valence-electron chi connectivity index (χ4n) is 3.97. The fraction of sp³-hybridized carbons (Fsp3) is 1.00. The smallest absolute Gasteiger partial charge is 0.0620 e. The molecule has 0 aliphatic carbocycles. The van der Waals surface area contributed by atoms with Crippen molar-refractivity contribution in [2.45, 2.75) is 50.7 Å². The van der Waals surface area contributed by atoms with E-state index in [0.29, 0.717) is 12.1 Å². The van der Waals surface area contributed by atoms with Crippen molar-refractivity contribution in [2.75, 3.05) is 45.9 Å². The summed E-state index contributed by atoms with van der Waals surface area (Å²) < 4.78 is 5.58. The first-order valence-corrected chi connectivity index (χ1v) is 8.12. The minimum atomic E-state index is 0.562. The third kappa shape index (κ3) is 3.48. The van der Waals surface area contributed by atoms with Crippen molar-refractivity contribution >= 4 is 0 Å². The standard InChI is InChI=1S/C15H29N3O/c1-13(10-14-12-19-9-5-16-14)18-8-3-7-17-6-2-4-15(17)11-18/h13-16H,2-12H2,1H3. The van der Waals surface area contributed by atoms with Crippen molar-refractivity contribution in [2.24, 2.45) is 0 Å². The minimum Gasteiger partial charge on any atom is -0.379 e. The Hall–Kier alpha value is -0.160. The van der Waals surface area contributed by atoms with Gasteiger partial charge in [0, 0.05) is 31.2 Å². The van der Waals surface area contributed by atoms with Crippen molar-refractivity contribution in [1.29, 1.82) is 0 Å². The summed E-state index contributed by atoms with van der Waals surface area (Å²) in [7, 11) is 0. The van der Waals surface area contributed by atoms with E-state index in [9.17, 15) is 0 Å². The van der Waals surface area contributed by atoms with Crippen molar-refractivity contribution in [3.05, 3.63) is 0 Å². The highest BCUT2D eigenvalue weighted by atomic mass is 16.5. The van der Waals surface area contributed by atoms with Gasteiger partial charge in [-0.05, 0) is 52.2 Å². The summed E-state index contributed by atoms with van der Waals surface area (Å²) in [5.74, 6) is 0. The average Bonchev–Trinajstić information content (AvgIpc) is 2.77. The van der Waals surface area contributed by atoms with Crippen LogP contribution in [0.3, 0.4) is 0 Å². The molecule has 110 valence electrons. The molecule has 3 unspecified atom stereocenters. The van der Waals surface area contributed by atoms with Crippen LogP contribution in [0, 0.1) is 0 Å². The van der Waals surface area contributed by atoms with Crippen LogP contribution in [0.5, 0.6) is 0 Å². The van der Waals surface area contributed by atoms with E-state index in [0.717, 1.165) is 25.8 Å². The molecule has 4 heteroatoms. The van der Waals surface area contributed by atoms with Crippen LogP contribution in [-0.4, -0.2) is 73.9 Å². The third-order valence-electron chi connectivity index (χ3n) is 5.08. The fourth-order valence-corrected chi connectivity index (χ4v) is 3.97. The lowest BCUT2D eigenvalue weighted by molar-refractivity contribution is 0.0610. The van der Waals surface area contributed by atoms with E-state index < -0.39 is 0 Å². The number of hydrogen-bond donors (Lipinski definition) is 1. The zero-order valence-electron chi connectivity index (χ0n) is 12.3. The molecule has 3 saturated heterocycles. The summed E-state index contributed by atoms with van der Waals surface area (Å²) in [6, 6.07) is 2.08. The molecular weight excluding hydrogens is 238 g/mol. The van der Waals surface area contributed by atoms with Crippen LogP contribution in [0.15, 0.2) is 0 Å².